The number of thiocarbonyl (C=S) groups is 1. The number of nitrogens with zero attached hydrogens (tertiary/aromatic N) is 1. The first-order chi connectivity index (χ1) is 7.58. The molecule has 1 heterocycles. The van der Waals surface area contributed by atoms with E-state index in [0.717, 1.165) is 10.0 Å². The third-order valence-electron chi connectivity index (χ3n) is 2.13. The van der Waals surface area contributed by atoms with Crippen molar-refractivity contribution in [1.82, 2.24) is 4.90 Å². The molecule has 0 atom stereocenters. The van der Waals surface area contributed by atoms with Crippen LogP contribution in [0, 0.1) is 0 Å². The van der Waals surface area contributed by atoms with Crippen molar-refractivity contribution >= 4 is 56.2 Å². The maximum absolute atomic E-state index is 11.7. The van der Waals surface area contributed by atoms with Crippen molar-refractivity contribution < 1.29 is 4.79 Å². The topological polar surface area (TPSA) is 20.3 Å². The first-order valence-electron chi connectivity index (χ1n) is 4.55. The number of hydrogen-bond acceptors (Lipinski definition) is 3. The van der Waals surface area contributed by atoms with E-state index in [9.17, 15) is 4.79 Å². The van der Waals surface area contributed by atoms with Gasteiger partial charge in [0.15, 0.2) is 0 Å². The molecule has 1 fully saturated rings. The lowest BCUT2D eigenvalue weighted by Crippen LogP contribution is -2.22. The Labute approximate surface area is 112 Å². The molecule has 1 aliphatic heterocycles. The van der Waals surface area contributed by atoms with Gasteiger partial charge in [-0.25, -0.2) is 0 Å². The number of halogens is 1. The van der Waals surface area contributed by atoms with Crippen LogP contribution >= 0.6 is 39.9 Å². The summed E-state index contributed by atoms with van der Waals surface area (Å²) in [5, 5.41) is 0. The predicted molar refractivity (Wildman–Crippen MR) is 75.1 cm³/mol. The Morgan fingerprint density at radius 2 is 2.25 bits per heavy atom. The zero-order valence-electron chi connectivity index (χ0n) is 8.44. The van der Waals surface area contributed by atoms with Crippen LogP contribution in [0.5, 0.6) is 0 Å². The van der Waals surface area contributed by atoms with E-state index in [0.29, 0.717) is 9.23 Å². The molecule has 0 aromatic heterocycles. The molecule has 16 heavy (non-hydrogen) atoms. The first-order valence-corrected chi connectivity index (χ1v) is 6.57. The third-order valence-corrected chi connectivity index (χ3v) is 4.11. The van der Waals surface area contributed by atoms with E-state index in [1.54, 1.807) is 7.05 Å². The SMILES string of the molecule is CN1C(=O)C(=Cc2cccc(Br)c2)SC1=S. The van der Waals surface area contributed by atoms with Gasteiger partial charge in [-0.2, -0.15) is 0 Å². The highest BCUT2D eigenvalue weighted by Gasteiger charge is 2.28. The van der Waals surface area contributed by atoms with Gasteiger partial charge in [-0.05, 0) is 23.8 Å². The summed E-state index contributed by atoms with van der Waals surface area (Å²) in [6.45, 7) is 0. The van der Waals surface area contributed by atoms with Crippen molar-refractivity contribution in [1.29, 1.82) is 0 Å². The Hall–Kier alpha value is -0.650. The molecule has 0 saturated carbocycles. The minimum Gasteiger partial charge on any atom is -0.296 e. The third kappa shape index (κ3) is 2.36. The molecule has 0 radical (unpaired) electrons. The van der Waals surface area contributed by atoms with E-state index in [-0.39, 0.29) is 5.91 Å². The minimum absolute atomic E-state index is 0.0324. The summed E-state index contributed by atoms with van der Waals surface area (Å²) < 4.78 is 1.60. The lowest BCUT2D eigenvalue weighted by atomic mass is 10.2. The van der Waals surface area contributed by atoms with Crippen molar-refractivity contribution in [3.63, 3.8) is 0 Å². The van der Waals surface area contributed by atoms with Crippen LogP contribution in [0.25, 0.3) is 6.08 Å². The molecule has 0 bridgehead atoms. The van der Waals surface area contributed by atoms with Gasteiger partial charge in [-0.3, -0.25) is 9.69 Å². The van der Waals surface area contributed by atoms with Gasteiger partial charge in [0.2, 0.25) is 0 Å². The van der Waals surface area contributed by atoms with Crippen molar-refractivity contribution in [2.24, 2.45) is 0 Å². The van der Waals surface area contributed by atoms with Crippen LogP contribution in [0.1, 0.15) is 5.56 Å². The van der Waals surface area contributed by atoms with E-state index in [4.69, 9.17) is 12.2 Å². The summed E-state index contributed by atoms with van der Waals surface area (Å²) in [6.07, 6.45) is 1.85. The molecule has 0 aliphatic carbocycles. The second-order valence-electron chi connectivity index (χ2n) is 3.30. The molecule has 1 saturated heterocycles. The molecule has 2 rings (SSSR count). The smallest absolute Gasteiger partial charge is 0.265 e. The van der Waals surface area contributed by atoms with E-state index >= 15 is 0 Å². The maximum Gasteiger partial charge on any atom is 0.265 e. The number of thioether (sulfide) groups is 1. The minimum atomic E-state index is -0.0324. The Morgan fingerprint density at radius 3 is 2.81 bits per heavy atom. The normalized spacial score (nSPS) is 18.6. The number of benzene rings is 1. The van der Waals surface area contributed by atoms with E-state index in [1.807, 2.05) is 30.3 Å². The van der Waals surface area contributed by atoms with Gasteiger partial charge in [-0.1, -0.05) is 52.0 Å². The summed E-state index contributed by atoms with van der Waals surface area (Å²) in [6, 6.07) is 7.79. The van der Waals surface area contributed by atoms with Gasteiger partial charge >= 0.3 is 0 Å². The van der Waals surface area contributed by atoms with Gasteiger partial charge in [0, 0.05) is 11.5 Å². The average Bonchev–Trinajstić information content (AvgIpc) is 2.47. The van der Waals surface area contributed by atoms with Crippen LogP contribution in [0.4, 0.5) is 0 Å². The highest BCUT2D eigenvalue weighted by Crippen LogP contribution is 2.31. The van der Waals surface area contributed by atoms with Gasteiger partial charge < -0.3 is 0 Å². The van der Waals surface area contributed by atoms with Crippen molar-refractivity contribution in [3.8, 4) is 0 Å². The predicted octanol–water partition coefficient (Wildman–Crippen LogP) is 3.28. The summed E-state index contributed by atoms with van der Waals surface area (Å²) >= 11 is 9.79. The van der Waals surface area contributed by atoms with Crippen molar-refractivity contribution in [2.75, 3.05) is 7.05 Å². The van der Waals surface area contributed by atoms with Crippen molar-refractivity contribution in [3.05, 3.63) is 39.2 Å². The fraction of sp³-hybridized carbons (Fsp3) is 0.0909. The molecule has 1 aromatic rings. The Kier molecular flexibility index (Phi) is 3.47. The molecular formula is C11H8BrNOS2. The molecule has 0 N–H and O–H groups in total. The van der Waals surface area contributed by atoms with Gasteiger partial charge in [-0.15, -0.1) is 0 Å². The van der Waals surface area contributed by atoms with Crippen molar-refractivity contribution in [2.45, 2.75) is 0 Å². The molecule has 1 aromatic carbocycles. The second kappa shape index (κ2) is 4.69. The van der Waals surface area contributed by atoms with Crippen LogP contribution in [-0.2, 0) is 4.79 Å². The standard InChI is InChI=1S/C11H8BrNOS2/c1-13-10(14)9(16-11(13)15)6-7-3-2-4-8(12)5-7/h2-6H,1H3. The van der Waals surface area contributed by atoms with Gasteiger partial charge in [0.1, 0.15) is 4.32 Å². The molecule has 1 aliphatic rings. The lowest BCUT2D eigenvalue weighted by molar-refractivity contribution is -0.121. The van der Waals surface area contributed by atoms with E-state index in [2.05, 4.69) is 15.9 Å². The number of likely N-dealkylation sites (N-methyl/N-ethyl adjacent to an activating group) is 1. The molecule has 0 spiro atoms. The lowest BCUT2D eigenvalue weighted by Gasteiger charge is -2.03. The zero-order valence-corrected chi connectivity index (χ0v) is 11.7. The van der Waals surface area contributed by atoms with Gasteiger partial charge in [0.05, 0.1) is 4.91 Å². The molecule has 0 unspecified atom stereocenters. The van der Waals surface area contributed by atoms with Crippen LogP contribution in [0.3, 0.4) is 0 Å². The van der Waals surface area contributed by atoms with E-state index < -0.39 is 0 Å². The zero-order chi connectivity index (χ0) is 11.7. The largest absolute Gasteiger partial charge is 0.296 e. The van der Waals surface area contributed by atoms with Crippen LogP contribution in [0.15, 0.2) is 33.6 Å². The number of carbonyl (C=O) groups excluding carboxylic acids is 1. The summed E-state index contributed by atoms with van der Waals surface area (Å²) in [7, 11) is 1.69. The summed E-state index contributed by atoms with van der Waals surface area (Å²) in [4.78, 5) is 13.9. The Morgan fingerprint density at radius 1 is 1.50 bits per heavy atom. The first kappa shape index (κ1) is 11.8. The molecule has 82 valence electrons. The quantitative estimate of drug-likeness (QED) is 0.586. The maximum atomic E-state index is 11.7. The Bertz CT molecular complexity index is 499. The van der Waals surface area contributed by atoms with Crippen LogP contribution in [-0.4, -0.2) is 22.2 Å². The van der Waals surface area contributed by atoms with Crippen LogP contribution in [0.2, 0.25) is 0 Å². The summed E-state index contributed by atoms with van der Waals surface area (Å²) in [5.74, 6) is -0.0324. The van der Waals surface area contributed by atoms with E-state index in [1.165, 1.54) is 16.7 Å². The average molecular weight is 314 g/mol. The fourth-order valence-electron chi connectivity index (χ4n) is 1.29. The number of rotatable bonds is 1. The highest BCUT2D eigenvalue weighted by atomic mass is 79.9. The van der Waals surface area contributed by atoms with Crippen LogP contribution < -0.4 is 0 Å². The monoisotopic (exact) mass is 313 g/mol. The fourth-order valence-corrected chi connectivity index (χ4v) is 2.89. The molecular weight excluding hydrogens is 306 g/mol. The summed E-state index contributed by atoms with van der Waals surface area (Å²) in [5.41, 5.74) is 0.989. The second-order valence-corrected chi connectivity index (χ2v) is 5.89. The highest BCUT2D eigenvalue weighted by molar-refractivity contribution is 9.10. The number of carbonyl (C=O) groups is 1. The number of hydrogen-bond donors (Lipinski definition) is 0. The Balaban J connectivity index is 2.33. The molecule has 1 amide bonds. The molecule has 2 nitrogen and oxygen atoms in total. The molecule has 5 heteroatoms. The van der Waals surface area contributed by atoms with Gasteiger partial charge in [0.25, 0.3) is 5.91 Å². The number of amides is 1.